The van der Waals surface area contributed by atoms with Gasteiger partial charge in [0.05, 0.1) is 19.3 Å². The first-order valence-corrected chi connectivity index (χ1v) is 9.06. The molecule has 2 N–H and O–H groups in total. The van der Waals surface area contributed by atoms with E-state index in [4.69, 9.17) is 16.3 Å². The van der Waals surface area contributed by atoms with E-state index >= 15 is 0 Å². The molecule has 1 fully saturated rings. The van der Waals surface area contributed by atoms with Crippen LogP contribution in [0, 0.1) is 0 Å². The molecular formula is C18H29ClN4O. The maximum absolute atomic E-state index is 6.46. The van der Waals surface area contributed by atoms with Crippen LogP contribution in [0.3, 0.4) is 0 Å². The average Bonchev–Trinajstić information content (AvgIpc) is 2.62. The predicted octanol–water partition coefficient (Wildman–Crippen LogP) is 2.68. The molecule has 0 saturated carbocycles. The number of benzene rings is 1. The Morgan fingerprint density at radius 3 is 2.67 bits per heavy atom. The molecule has 1 aliphatic rings. The number of halogens is 1. The summed E-state index contributed by atoms with van der Waals surface area (Å²) >= 11 is 6.46. The highest BCUT2D eigenvalue weighted by Gasteiger charge is 2.24. The van der Waals surface area contributed by atoms with E-state index in [0.29, 0.717) is 6.04 Å². The van der Waals surface area contributed by atoms with E-state index in [1.54, 1.807) is 7.05 Å². The Balaban J connectivity index is 2.10. The summed E-state index contributed by atoms with van der Waals surface area (Å²) in [5, 5.41) is 7.67. The standard InChI is InChI=1S/C18H29ClN4O/c1-4-14(2)22-18(20-3)21-13-17(23-9-11-24-12-10-23)15-7-5-6-8-16(15)19/h5-8,14,17H,4,9-13H2,1-3H3,(H2,20,21,22). The minimum absolute atomic E-state index is 0.193. The molecule has 0 aromatic heterocycles. The lowest BCUT2D eigenvalue weighted by Crippen LogP contribution is -2.47. The summed E-state index contributed by atoms with van der Waals surface area (Å²) in [5.74, 6) is 0.828. The summed E-state index contributed by atoms with van der Waals surface area (Å²) in [7, 11) is 1.80. The van der Waals surface area contributed by atoms with Crippen LogP contribution in [0.15, 0.2) is 29.3 Å². The molecule has 2 rings (SSSR count). The third-order valence-corrected chi connectivity index (χ3v) is 4.78. The monoisotopic (exact) mass is 352 g/mol. The van der Waals surface area contributed by atoms with Gasteiger partial charge in [-0.3, -0.25) is 9.89 Å². The summed E-state index contributed by atoms with van der Waals surface area (Å²) in [5.41, 5.74) is 1.15. The maximum Gasteiger partial charge on any atom is 0.191 e. The molecule has 0 bridgehead atoms. The van der Waals surface area contributed by atoms with Gasteiger partial charge in [-0.15, -0.1) is 0 Å². The number of morpholine rings is 1. The van der Waals surface area contributed by atoms with Crippen LogP contribution in [0.2, 0.25) is 5.02 Å². The van der Waals surface area contributed by atoms with Crippen molar-refractivity contribution in [1.29, 1.82) is 0 Å². The lowest BCUT2D eigenvalue weighted by molar-refractivity contribution is 0.0170. The molecule has 0 spiro atoms. The van der Waals surface area contributed by atoms with Crippen LogP contribution in [0.25, 0.3) is 0 Å². The van der Waals surface area contributed by atoms with E-state index in [2.05, 4.69) is 40.4 Å². The van der Waals surface area contributed by atoms with E-state index in [0.717, 1.165) is 55.8 Å². The number of nitrogens with zero attached hydrogens (tertiary/aromatic N) is 2. The van der Waals surface area contributed by atoms with Gasteiger partial charge in [0.15, 0.2) is 5.96 Å². The van der Waals surface area contributed by atoms with Crippen molar-refractivity contribution in [2.24, 2.45) is 4.99 Å². The minimum atomic E-state index is 0.193. The molecule has 1 heterocycles. The molecule has 2 unspecified atom stereocenters. The highest BCUT2D eigenvalue weighted by Crippen LogP contribution is 2.27. The van der Waals surface area contributed by atoms with Gasteiger partial charge < -0.3 is 15.4 Å². The molecule has 0 amide bonds. The molecule has 1 aromatic carbocycles. The second-order valence-electron chi connectivity index (χ2n) is 6.09. The minimum Gasteiger partial charge on any atom is -0.379 e. The summed E-state index contributed by atoms with van der Waals surface area (Å²) in [6.07, 6.45) is 1.05. The molecule has 5 nitrogen and oxygen atoms in total. The molecule has 0 radical (unpaired) electrons. The van der Waals surface area contributed by atoms with Gasteiger partial charge in [0.1, 0.15) is 0 Å². The molecular weight excluding hydrogens is 324 g/mol. The van der Waals surface area contributed by atoms with Gasteiger partial charge >= 0.3 is 0 Å². The zero-order valence-corrected chi connectivity index (χ0v) is 15.6. The molecule has 134 valence electrons. The molecule has 1 aromatic rings. The SMILES string of the molecule is CCC(C)NC(=NC)NCC(c1ccccc1Cl)N1CCOCC1. The summed E-state index contributed by atoms with van der Waals surface area (Å²) in [6.45, 7) is 8.41. The van der Waals surface area contributed by atoms with E-state index < -0.39 is 0 Å². The Morgan fingerprint density at radius 2 is 2.04 bits per heavy atom. The highest BCUT2D eigenvalue weighted by molar-refractivity contribution is 6.31. The van der Waals surface area contributed by atoms with Crippen LogP contribution >= 0.6 is 11.6 Å². The molecule has 2 atom stereocenters. The zero-order chi connectivity index (χ0) is 17.4. The third-order valence-electron chi connectivity index (χ3n) is 4.43. The lowest BCUT2D eigenvalue weighted by Gasteiger charge is -2.35. The Kier molecular flexibility index (Phi) is 7.82. The summed E-state index contributed by atoms with van der Waals surface area (Å²) in [4.78, 5) is 6.75. The van der Waals surface area contributed by atoms with Crippen molar-refractivity contribution in [3.8, 4) is 0 Å². The molecule has 6 heteroatoms. The normalized spacial score (nSPS) is 18.9. The van der Waals surface area contributed by atoms with Crippen LogP contribution in [0.1, 0.15) is 31.9 Å². The number of hydrogen-bond acceptors (Lipinski definition) is 3. The Hall–Kier alpha value is -1.30. The zero-order valence-electron chi connectivity index (χ0n) is 14.9. The Labute approximate surface area is 150 Å². The summed E-state index contributed by atoms with van der Waals surface area (Å²) in [6, 6.07) is 8.65. The van der Waals surface area contributed by atoms with Crippen LogP contribution in [0.4, 0.5) is 0 Å². The quantitative estimate of drug-likeness (QED) is 0.610. The molecule has 24 heavy (non-hydrogen) atoms. The van der Waals surface area contributed by atoms with Gasteiger partial charge in [-0.25, -0.2) is 0 Å². The van der Waals surface area contributed by atoms with E-state index in [1.165, 1.54) is 0 Å². The molecule has 1 saturated heterocycles. The number of ether oxygens (including phenoxy) is 1. The lowest BCUT2D eigenvalue weighted by atomic mass is 10.0. The fourth-order valence-corrected chi connectivity index (χ4v) is 3.06. The van der Waals surface area contributed by atoms with Crippen LogP contribution < -0.4 is 10.6 Å². The number of guanidine groups is 1. The highest BCUT2D eigenvalue weighted by atomic mass is 35.5. The van der Waals surface area contributed by atoms with Gasteiger partial charge in [-0.05, 0) is 25.0 Å². The fraction of sp³-hybridized carbons (Fsp3) is 0.611. The molecule has 0 aliphatic carbocycles. The van der Waals surface area contributed by atoms with Crippen molar-refractivity contribution in [3.63, 3.8) is 0 Å². The number of rotatable bonds is 6. The Bertz CT molecular complexity index is 532. The van der Waals surface area contributed by atoms with Crippen molar-refractivity contribution >= 4 is 17.6 Å². The Morgan fingerprint density at radius 1 is 1.33 bits per heavy atom. The van der Waals surface area contributed by atoms with Gasteiger partial charge in [-0.1, -0.05) is 36.7 Å². The van der Waals surface area contributed by atoms with Crippen molar-refractivity contribution in [2.75, 3.05) is 39.9 Å². The smallest absolute Gasteiger partial charge is 0.191 e. The second kappa shape index (κ2) is 9.87. The number of hydrogen-bond donors (Lipinski definition) is 2. The van der Waals surface area contributed by atoms with Crippen molar-refractivity contribution < 1.29 is 4.74 Å². The van der Waals surface area contributed by atoms with E-state index in [-0.39, 0.29) is 6.04 Å². The maximum atomic E-state index is 6.46. The topological polar surface area (TPSA) is 48.9 Å². The number of aliphatic imine (C=N–C) groups is 1. The largest absolute Gasteiger partial charge is 0.379 e. The predicted molar refractivity (Wildman–Crippen MR) is 101 cm³/mol. The third kappa shape index (κ3) is 5.36. The average molecular weight is 353 g/mol. The first-order chi connectivity index (χ1) is 11.7. The van der Waals surface area contributed by atoms with Crippen LogP contribution in [0.5, 0.6) is 0 Å². The van der Waals surface area contributed by atoms with Gasteiger partial charge in [0, 0.05) is 37.7 Å². The van der Waals surface area contributed by atoms with Crippen molar-refractivity contribution in [1.82, 2.24) is 15.5 Å². The second-order valence-corrected chi connectivity index (χ2v) is 6.50. The van der Waals surface area contributed by atoms with E-state index in [9.17, 15) is 0 Å². The van der Waals surface area contributed by atoms with Crippen molar-refractivity contribution in [2.45, 2.75) is 32.4 Å². The first kappa shape index (κ1) is 19.0. The van der Waals surface area contributed by atoms with E-state index in [1.807, 2.05) is 18.2 Å². The van der Waals surface area contributed by atoms with Gasteiger partial charge in [-0.2, -0.15) is 0 Å². The number of nitrogens with one attached hydrogen (secondary N) is 2. The first-order valence-electron chi connectivity index (χ1n) is 8.69. The van der Waals surface area contributed by atoms with Gasteiger partial charge in [0.25, 0.3) is 0 Å². The van der Waals surface area contributed by atoms with Crippen LogP contribution in [-0.4, -0.2) is 56.8 Å². The molecule has 1 aliphatic heterocycles. The van der Waals surface area contributed by atoms with Crippen molar-refractivity contribution in [3.05, 3.63) is 34.9 Å². The van der Waals surface area contributed by atoms with Gasteiger partial charge in [0.2, 0.25) is 0 Å². The fourth-order valence-electron chi connectivity index (χ4n) is 2.79. The summed E-state index contributed by atoms with van der Waals surface area (Å²) < 4.78 is 5.50. The van der Waals surface area contributed by atoms with Crippen LogP contribution in [-0.2, 0) is 4.74 Å².